The van der Waals surface area contributed by atoms with Gasteiger partial charge in [-0.15, -0.1) is 12.4 Å². The number of nitrogen functional groups attached to an aromatic ring is 1. The first-order valence-corrected chi connectivity index (χ1v) is 5.93. The molecule has 0 amide bonds. The number of rotatable bonds is 4. The third-order valence-electron chi connectivity index (χ3n) is 1.88. The van der Waals surface area contributed by atoms with Gasteiger partial charge in [-0.25, -0.2) is 8.42 Å². The van der Waals surface area contributed by atoms with Crippen molar-refractivity contribution in [2.75, 3.05) is 25.2 Å². The lowest BCUT2D eigenvalue weighted by Crippen LogP contribution is -2.11. The summed E-state index contributed by atoms with van der Waals surface area (Å²) in [5.41, 5.74) is 5.83. The molecule has 0 spiro atoms. The van der Waals surface area contributed by atoms with Gasteiger partial charge in [0, 0.05) is 5.69 Å². The van der Waals surface area contributed by atoms with Crippen LogP contribution in [0.25, 0.3) is 0 Å². The van der Waals surface area contributed by atoms with E-state index in [4.69, 9.17) is 15.6 Å². The molecule has 7 heteroatoms. The van der Waals surface area contributed by atoms with E-state index < -0.39 is 16.4 Å². The Morgan fingerprint density at radius 3 is 2.56 bits per heavy atom. The molecular formula is C9H14ClNO4S. The molecule has 92 valence electrons. The van der Waals surface area contributed by atoms with Crippen LogP contribution in [-0.4, -0.2) is 33.0 Å². The minimum atomic E-state index is -3.53. The Morgan fingerprint density at radius 2 is 2.06 bits per heavy atom. The summed E-state index contributed by atoms with van der Waals surface area (Å²) in [6, 6.07) is 4.36. The summed E-state index contributed by atoms with van der Waals surface area (Å²) in [6.07, 6.45) is 0. The van der Waals surface area contributed by atoms with Gasteiger partial charge in [-0.1, -0.05) is 0 Å². The highest BCUT2D eigenvalue weighted by Gasteiger charge is 2.19. The Morgan fingerprint density at radius 1 is 1.44 bits per heavy atom. The van der Waals surface area contributed by atoms with Gasteiger partial charge in [0.25, 0.3) is 0 Å². The average Bonchev–Trinajstić information content (AvgIpc) is 2.17. The summed E-state index contributed by atoms with van der Waals surface area (Å²) in [4.78, 5) is 0.0130. The summed E-state index contributed by atoms with van der Waals surface area (Å²) < 4.78 is 28.3. The van der Waals surface area contributed by atoms with E-state index in [1.54, 1.807) is 6.07 Å². The maximum Gasteiger partial charge on any atom is 0.184 e. The second-order valence-electron chi connectivity index (χ2n) is 2.95. The predicted octanol–water partition coefficient (Wildman–Crippen LogP) is 0.465. The third kappa shape index (κ3) is 3.26. The topological polar surface area (TPSA) is 89.6 Å². The molecule has 16 heavy (non-hydrogen) atoms. The molecule has 0 aliphatic rings. The van der Waals surface area contributed by atoms with E-state index >= 15 is 0 Å². The highest BCUT2D eigenvalue weighted by atomic mass is 35.5. The van der Waals surface area contributed by atoms with Crippen molar-refractivity contribution in [3.8, 4) is 5.75 Å². The van der Waals surface area contributed by atoms with Crippen LogP contribution >= 0.6 is 12.4 Å². The van der Waals surface area contributed by atoms with E-state index in [1.807, 2.05) is 0 Å². The second kappa shape index (κ2) is 5.93. The van der Waals surface area contributed by atoms with Crippen LogP contribution in [0.3, 0.4) is 0 Å². The van der Waals surface area contributed by atoms with E-state index in [-0.39, 0.29) is 28.8 Å². The van der Waals surface area contributed by atoms with Gasteiger partial charge in [0.15, 0.2) is 9.84 Å². The summed E-state index contributed by atoms with van der Waals surface area (Å²) in [5.74, 6) is -0.107. The largest absolute Gasteiger partial charge is 0.495 e. The van der Waals surface area contributed by atoms with E-state index in [2.05, 4.69) is 0 Å². The number of ether oxygens (including phenoxy) is 1. The number of hydrogen-bond donors (Lipinski definition) is 2. The number of nitrogens with two attached hydrogens (primary N) is 1. The monoisotopic (exact) mass is 267 g/mol. The molecule has 0 atom stereocenters. The summed E-state index contributed by atoms with van der Waals surface area (Å²) in [5, 5.41) is 8.64. The van der Waals surface area contributed by atoms with E-state index in [1.165, 1.54) is 19.2 Å². The number of methoxy groups -OCH3 is 1. The van der Waals surface area contributed by atoms with Crippen molar-refractivity contribution < 1.29 is 18.3 Å². The zero-order valence-corrected chi connectivity index (χ0v) is 10.3. The van der Waals surface area contributed by atoms with Crippen molar-refractivity contribution in [2.45, 2.75) is 4.90 Å². The maximum atomic E-state index is 11.7. The SMILES string of the molecule is COc1ccc(N)cc1S(=O)(=O)CCO.Cl. The minimum absolute atomic E-state index is 0. The molecule has 0 aliphatic carbocycles. The number of halogens is 1. The Bertz CT molecular complexity index is 447. The molecule has 1 aromatic carbocycles. The summed E-state index contributed by atoms with van der Waals surface area (Å²) in [7, 11) is -2.15. The van der Waals surface area contributed by atoms with E-state index in [9.17, 15) is 8.42 Å². The van der Waals surface area contributed by atoms with Crippen molar-refractivity contribution in [1.82, 2.24) is 0 Å². The molecule has 0 unspecified atom stereocenters. The first-order chi connectivity index (χ1) is 7.01. The lowest BCUT2D eigenvalue weighted by molar-refractivity contribution is 0.319. The number of aliphatic hydroxyl groups excluding tert-OH is 1. The van der Waals surface area contributed by atoms with Crippen LogP contribution in [0.4, 0.5) is 5.69 Å². The molecule has 0 aromatic heterocycles. The zero-order valence-electron chi connectivity index (χ0n) is 8.71. The lowest BCUT2D eigenvalue weighted by atomic mass is 10.3. The number of sulfone groups is 1. The molecule has 5 nitrogen and oxygen atoms in total. The Labute approximate surface area is 101 Å². The molecule has 3 N–H and O–H groups in total. The van der Waals surface area contributed by atoms with Crippen LogP contribution in [0.15, 0.2) is 23.1 Å². The summed E-state index contributed by atoms with van der Waals surface area (Å²) in [6.45, 7) is -0.430. The predicted molar refractivity (Wildman–Crippen MR) is 63.8 cm³/mol. The highest BCUT2D eigenvalue weighted by Crippen LogP contribution is 2.26. The lowest BCUT2D eigenvalue weighted by Gasteiger charge is -2.09. The Hall–Kier alpha value is -0.980. The average molecular weight is 268 g/mol. The fourth-order valence-electron chi connectivity index (χ4n) is 1.17. The fraction of sp³-hybridized carbons (Fsp3) is 0.333. The van der Waals surface area contributed by atoms with E-state index in [0.29, 0.717) is 5.69 Å². The molecule has 1 rings (SSSR count). The van der Waals surface area contributed by atoms with Gasteiger partial charge in [0.2, 0.25) is 0 Å². The molecule has 0 radical (unpaired) electrons. The number of benzene rings is 1. The minimum Gasteiger partial charge on any atom is -0.495 e. The van der Waals surface area contributed by atoms with Crippen molar-refractivity contribution >= 4 is 27.9 Å². The third-order valence-corrected chi connectivity index (χ3v) is 3.59. The maximum absolute atomic E-state index is 11.7. The molecule has 0 saturated heterocycles. The normalized spacial score (nSPS) is 10.6. The summed E-state index contributed by atoms with van der Waals surface area (Å²) >= 11 is 0. The van der Waals surface area contributed by atoms with E-state index in [0.717, 1.165) is 0 Å². The van der Waals surface area contributed by atoms with Gasteiger partial charge >= 0.3 is 0 Å². The van der Waals surface area contributed by atoms with Crippen LogP contribution in [0, 0.1) is 0 Å². The first kappa shape index (κ1) is 15.0. The van der Waals surface area contributed by atoms with Crippen LogP contribution in [0.1, 0.15) is 0 Å². The highest BCUT2D eigenvalue weighted by molar-refractivity contribution is 7.91. The van der Waals surface area contributed by atoms with Crippen molar-refractivity contribution in [2.24, 2.45) is 0 Å². The Kier molecular flexibility index (Phi) is 5.57. The zero-order chi connectivity index (χ0) is 11.5. The number of hydrogen-bond acceptors (Lipinski definition) is 5. The number of aliphatic hydroxyl groups is 1. The second-order valence-corrected chi connectivity index (χ2v) is 5.03. The van der Waals surface area contributed by atoms with Gasteiger partial charge in [0.05, 0.1) is 19.5 Å². The fourth-order valence-corrected chi connectivity index (χ4v) is 2.40. The molecule has 0 aliphatic heterocycles. The standard InChI is InChI=1S/C9H13NO4S.ClH/c1-14-8-3-2-7(10)6-9(8)15(12,13)5-4-11;/h2-3,6,11H,4-5,10H2,1H3;1H. The Balaban J connectivity index is 0.00000225. The van der Waals surface area contributed by atoms with Crippen LogP contribution in [0.2, 0.25) is 0 Å². The van der Waals surface area contributed by atoms with Crippen molar-refractivity contribution in [3.05, 3.63) is 18.2 Å². The molecule has 1 aromatic rings. The first-order valence-electron chi connectivity index (χ1n) is 4.28. The smallest absolute Gasteiger partial charge is 0.184 e. The van der Waals surface area contributed by atoms with Gasteiger partial charge in [-0.05, 0) is 18.2 Å². The quantitative estimate of drug-likeness (QED) is 0.774. The van der Waals surface area contributed by atoms with Gasteiger partial charge < -0.3 is 15.6 Å². The molecule has 0 saturated carbocycles. The molecule has 0 heterocycles. The van der Waals surface area contributed by atoms with Crippen LogP contribution < -0.4 is 10.5 Å². The van der Waals surface area contributed by atoms with Gasteiger partial charge in [-0.3, -0.25) is 0 Å². The molecule has 0 fully saturated rings. The van der Waals surface area contributed by atoms with Crippen LogP contribution in [0.5, 0.6) is 5.75 Å². The van der Waals surface area contributed by atoms with Crippen molar-refractivity contribution in [3.63, 3.8) is 0 Å². The van der Waals surface area contributed by atoms with Gasteiger partial charge in [-0.2, -0.15) is 0 Å². The molecular weight excluding hydrogens is 254 g/mol. The van der Waals surface area contributed by atoms with Crippen molar-refractivity contribution in [1.29, 1.82) is 0 Å². The van der Waals surface area contributed by atoms with Gasteiger partial charge in [0.1, 0.15) is 10.6 Å². The van der Waals surface area contributed by atoms with Crippen LogP contribution in [-0.2, 0) is 9.84 Å². The number of anilines is 1. The molecule has 0 bridgehead atoms.